The highest BCUT2D eigenvalue weighted by molar-refractivity contribution is 5.73. The molecule has 0 radical (unpaired) electrons. The molecule has 1 aliphatic heterocycles. The number of rotatable bonds is 7. The largest absolute Gasteiger partial charge is 0.480 e. The summed E-state index contributed by atoms with van der Waals surface area (Å²) < 4.78 is 0. The number of aliphatic carboxylic acids is 2. The standard InChI is InChI=1S/C20H28N4O4/c1-21-17-6-3-16(4-7-17)5-8-18(20(27)28)24-13-10-22(2)9-11-23(12-14-24)15-19(25)26/h3-4,6-7,18H,5,8-15H2,2H3,(H,25,26)(H,27,28). The topological polar surface area (TPSA) is 88.7 Å². The van der Waals surface area contributed by atoms with Crippen LogP contribution in [0.5, 0.6) is 0 Å². The third-order valence-electron chi connectivity index (χ3n) is 5.13. The molecule has 0 spiro atoms. The Labute approximate surface area is 165 Å². The van der Waals surface area contributed by atoms with Crippen LogP contribution in [-0.4, -0.2) is 95.8 Å². The van der Waals surface area contributed by atoms with Gasteiger partial charge in [-0.25, -0.2) is 4.85 Å². The smallest absolute Gasteiger partial charge is 0.320 e. The van der Waals surface area contributed by atoms with Crippen LogP contribution >= 0.6 is 0 Å². The third-order valence-corrected chi connectivity index (χ3v) is 5.13. The minimum absolute atomic E-state index is 0.0349. The lowest BCUT2D eigenvalue weighted by Gasteiger charge is -2.30. The van der Waals surface area contributed by atoms with E-state index >= 15 is 0 Å². The number of nitrogens with zero attached hydrogens (tertiary/aromatic N) is 4. The van der Waals surface area contributed by atoms with E-state index in [4.69, 9.17) is 11.7 Å². The minimum Gasteiger partial charge on any atom is -0.480 e. The highest BCUT2D eigenvalue weighted by Crippen LogP contribution is 2.16. The van der Waals surface area contributed by atoms with Crippen molar-refractivity contribution < 1.29 is 19.8 Å². The molecule has 1 aliphatic rings. The monoisotopic (exact) mass is 388 g/mol. The van der Waals surface area contributed by atoms with Crippen molar-refractivity contribution in [1.82, 2.24) is 14.7 Å². The van der Waals surface area contributed by atoms with Gasteiger partial charge >= 0.3 is 11.9 Å². The summed E-state index contributed by atoms with van der Waals surface area (Å²) in [5.41, 5.74) is 1.58. The lowest BCUT2D eigenvalue weighted by molar-refractivity contribution is -0.144. The zero-order valence-electron chi connectivity index (χ0n) is 16.3. The summed E-state index contributed by atoms with van der Waals surface area (Å²) in [5, 5.41) is 18.9. The molecule has 2 N–H and O–H groups in total. The zero-order valence-corrected chi connectivity index (χ0v) is 16.3. The van der Waals surface area contributed by atoms with Gasteiger partial charge in [0.15, 0.2) is 5.69 Å². The van der Waals surface area contributed by atoms with Crippen LogP contribution in [0.25, 0.3) is 4.85 Å². The maximum absolute atomic E-state index is 11.9. The molecule has 2 rings (SSSR count). The fourth-order valence-corrected chi connectivity index (χ4v) is 3.38. The number of likely N-dealkylation sites (N-methyl/N-ethyl adjacent to an activating group) is 1. The zero-order chi connectivity index (χ0) is 20.5. The van der Waals surface area contributed by atoms with Crippen LogP contribution in [0, 0.1) is 6.57 Å². The molecule has 1 saturated heterocycles. The first kappa shape index (κ1) is 21.8. The lowest BCUT2D eigenvalue weighted by Crippen LogP contribution is -2.47. The predicted molar refractivity (Wildman–Crippen MR) is 106 cm³/mol. The van der Waals surface area contributed by atoms with E-state index in [0.717, 1.165) is 18.7 Å². The number of hydrogen-bond acceptors (Lipinski definition) is 5. The van der Waals surface area contributed by atoms with Gasteiger partial charge in [-0.2, -0.15) is 0 Å². The summed E-state index contributed by atoms with van der Waals surface area (Å²) in [7, 11) is 1.97. The Bertz CT molecular complexity index is 701. The summed E-state index contributed by atoms with van der Waals surface area (Å²) in [5.74, 6) is -1.73. The quantitative estimate of drug-likeness (QED) is 0.680. The van der Waals surface area contributed by atoms with E-state index in [1.807, 2.05) is 29.0 Å². The lowest BCUT2D eigenvalue weighted by atomic mass is 10.0. The Hall–Kier alpha value is -2.47. The fraction of sp³-hybridized carbons (Fsp3) is 0.550. The second-order valence-corrected chi connectivity index (χ2v) is 7.18. The second-order valence-electron chi connectivity index (χ2n) is 7.18. The molecule has 1 unspecified atom stereocenters. The molecule has 0 bridgehead atoms. The molecule has 0 aromatic heterocycles. The molecule has 0 aliphatic carbocycles. The molecule has 1 atom stereocenters. The summed E-state index contributed by atoms with van der Waals surface area (Å²) in [4.78, 5) is 32.3. The van der Waals surface area contributed by atoms with Crippen LogP contribution in [0.4, 0.5) is 5.69 Å². The van der Waals surface area contributed by atoms with Crippen LogP contribution in [-0.2, 0) is 16.0 Å². The van der Waals surface area contributed by atoms with Gasteiger partial charge in [-0.05, 0) is 19.9 Å². The van der Waals surface area contributed by atoms with Gasteiger partial charge in [-0.1, -0.05) is 29.8 Å². The van der Waals surface area contributed by atoms with Crippen molar-refractivity contribution in [2.75, 3.05) is 52.9 Å². The van der Waals surface area contributed by atoms with Gasteiger partial charge in [-0.15, -0.1) is 0 Å². The minimum atomic E-state index is -0.869. The maximum Gasteiger partial charge on any atom is 0.320 e. The Morgan fingerprint density at radius 1 is 1.07 bits per heavy atom. The SMILES string of the molecule is [C-]#[N+]c1ccc(CCC(C(=O)O)N2CCN(C)CCN(CC(=O)O)CC2)cc1. The van der Waals surface area contributed by atoms with E-state index in [1.165, 1.54) is 0 Å². The molecule has 1 aromatic rings. The number of carboxylic acids is 2. The van der Waals surface area contributed by atoms with E-state index in [2.05, 4.69) is 9.74 Å². The number of carboxylic acid groups (broad SMARTS) is 2. The fourth-order valence-electron chi connectivity index (χ4n) is 3.38. The van der Waals surface area contributed by atoms with Gasteiger partial charge in [0.2, 0.25) is 0 Å². The van der Waals surface area contributed by atoms with Crippen LogP contribution in [0.15, 0.2) is 24.3 Å². The Morgan fingerprint density at radius 3 is 2.29 bits per heavy atom. The van der Waals surface area contributed by atoms with Gasteiger partial charge in [-0.3, -0.25) is 19.4 Å². The molecular formula is C20H28N4O4. The van der Waals surface area contributed by atoms with Crippen molar-refractivity contribution in [3.63, 3.8) is 0 Å². The molecular weight excluding hydrogens is 360 g/mol. The average Bonchev–Trinajstić information content (AvgIpc) is 2.74. The van der Waals surface area contributed by atoms with Crippen LogP contribution in [0.2, 0.25) is 0 Å². The molecule has 28 heavy (non-hydrogen) atoms. The summed E-state index contributed by atoms with van der Waals surface area (Å²) in [6, 6.07) is 6.60. The summed E-state index contributed by atoms with van der Waals surface area (Å²) >= 11 is 0. The molecule has 152 valence electrons. The van der Waals surface area contributed by atoms with Gasteiger partial charge in [0.1, 0.15) is 6.04 Å². The van der Waals surface area contributed by atoms with Crippen molar-refractivity contribution in [2.45, 2.75) is 18.9 Å². The van der Waals surface area contributed by atoms with Crippen molar-refractivity contribution in [3.8, 4) is 0 Å². The molecule has 1 heterocycles. The summed E-state index contributed by atoms with van der Waals surface area (Å²) in [6.07, 6.45) is 1.08. The highest BCUT2D eigenvalue weighted by Gasteiger charge is 2.27. The Morgan fingerprint density at radius 2 is 1.68 bits per heavy atom. The Balaban J connectivity index is 2.04. The first-order chi connectivity index (χ1) is 13.4. The first-order valence-electron chi connectivity index (χ1n) is 9.45. The first-order valence-corrected chi connectivity index (χ1v) is 9.45. The van der Waals surface area contributed by atoms with Gasteiger partial charge in [0.25, 0.3) is 0 Å². The number of aryl methyl sites for hydroxylation is 1. The predicted octanol–water partition coefficient (Wildman–Crippen LogP) is 1.26. The van der Waals surface area contributed by atoms with E-state index in [9.17, 15) is 14.7 Å². The number of benzene rings is 1. The van der Waals surface area contributed by atoms with Crippen LogP contribution < -0.4 is 0 Å². The van der Waals surface area contributed by atoms with Crippen molar-refractivity contribution in [2.24, 2.45) is 0 Å². The van der Waals surface area contributed by atoms with E-state index < -0.39 is 18.0 Å². The van der Waals surface area contributed by atoms with E-state index in [-0.39, 0.29) is 6.54 Å². The van der Waals surface area contributed by atoms with E-state index in [1.54, 1.807) is 12.1 Å². The molecule has 8 nitrogen and oxygen atoms in total. The third kappa shape index (κ3) is 6.93. The molecule has 0 saturated carbocycles. The molecule has 1 fully saturated rings. The van der Waals surface area contributed by atoms with Crippen LogP contribution in [0.3, 0.4) is 0 Å². The average molecular weight is 388 g/mol. The van der Waals surface area contributed by atoms with Gasteiger partial charge < -0.3 is 15.1 Å². The van der Waals surface area contributed by atoms with E-state index in [0.29, 0.717) is 44.7 Å². The highest BCUT2D eigenvalue weighted by atomic mass is 16.4. The Kier molecular flexibility index (Phi) is 8.39. The van der Waals surface area contributed by atoms with Crippen molar-refractivity contribution in [3.05, 3.63) is 41.2 Å². The maximum atomic E-state index is 11.9. The second kappa shape index (κ2) is 10.8. The molecule has 8 heteroatoms. The number of hydrogen-bond donors (Lipinski definition) is 2. The molecule has 0 amide bonds. The van der Waals surface area contributed by atoms with Crippen molar-refractivity contribution in [1.29, 1.82) is 0 Å². The van der Waals surface area contributed by atoms with Crippen LogP contribution in [0.1, 0.15) is 12.0 Å². The molecule has 1 aromatic carbocycles. The van der Waals surface area contributed by atoms with Gasteiger partial charge in [0, 0.05) is 39.3 Å². The number of carbonyl (C=O) groups is 2. The normalized spacial score (nSPS) is 18.4. The van der Waals surface area contributed by atoms with Crippen molar-refractivity contribution >= 4 is 17.6 Å². The summed E-state index contributed by atoms with van der Waals surface area (Å²) in [6.45, 7) is 10.8. The van der Waals surface area contributed by atoms with Gasteiger partial charge in [0.05, 0.1) is 13.1 Å².